The fraction of sp³-hybridized carbons (Fsp3) is 0.647. The maximum absolute atomic E-state index is 3.75. The van der Waals surface area contributed by atoms with E-state index in [2.05, 4.69) is 51.2 Å². The normalized spacial score (nSPS) is 28.3. The van der Waals surface area contributed by atoms with Crippen LogP contribution in [0.15, 0.2) is 18.2 Å². The van der Waals surface area contributed by atoms with Gasteiger partial charge in [-0.25, -0.2) is 0 Å². The highest BCUT2D eigenvalue weighted by atomic mass is 14.9. The minimum absolute atomic E-state index is 0.713. The zero-order valence-electron chi connectivity index (χ0n) is 12.3. The summed E-state index contributed by atoms with van der Waals surface area (Å²) < 4.78 is 0. The van der Waals surface area contributed by atoms with E-state index in [1.54, 1.807) is 0 Å². The van der Waals surface area contributed by atoms with Crippen molar-refractivity contribution >= 4 is 0 Å². The van der Waals surface area contributed by atoms with Crippen molar-refractivity contribution in [3.63, 3.8) is 0 Å². The Morgan fingerprint density at radius 1 is 0.944 bits per heavy atom. The lowest BCUT2D eigenvalue weighted by Gasteiger charge is -2.32. The van der Waals surface area contributed by atoms with Gasteiger partial charge in [0.2, 0.25) is 0 Å². The molecule has 1 aliphatic carbocycles. The molecule has 0 saturated heterocycles. The summed E-state index contributed by atoms with van der Waals surface area (Å²) in [7, 11) is 0. The maximum atomic E-state index is 3.75. The summed E-state index contributed by atoms with van der Waals surface area (Å²) in [5, 5.41) is 3.75. The summed E-state index contributed by atoms with van der Waals surface area (Å²) in [6.07, 6.45) is 4.09. The van der Waals surface area contributed by atoms with E-state index in [4.69, 9.17) is 0 Å². The van der Waals surface area contributed by atoms with Gasteiger partial charge in [0.1, 0.15) is 0 Å². The molecule has 0 heterocycles. The second kappa shape index (κ2) is 5.88. The highest BCUT2D eigenvalue weighted by Gasteiger charge is 2.23. The quantitative estimate of drug-likeness (QED) is 0.841. The van der Waals surface area contributed by atoms with Crippen LogP contribution in [0.3, 0.4) is 0 Å². The standard InChI is InChI=1S/C17H27N/c1-12-5-13(2)8-16(7-12)11-18-17-9-14(3)6-15(4)10-17/h5,7-8,14-15,17-18H,6,9-11H2,1-4H3. The Labute approximate surface area is 112 Å². The van der Waals surface area contributed by atoms with Crippen LogP contribution in [0.2, 0.25) is 0 Å². The third-order valence-electron chi connectivity index (χ3n) is 4.05. The van der Waals surface area contributed by atoms with Crippen LogP contribution in [0, 0.1) is 25.7 Å². The van der Waals surface area contributed by atoms with Gasteiger partial charge in [0.25, 0.3) is 0 Å². The Balaban J connectivity index is 1.90. The van der Waals surface area contributed by atoms with Gasteiger partial charge in [0, 0.05) is 12.6 Å². The molecule has 18 heavy (non-hydrogen) atoms. The van der Waals surface area contributed by atoms with Crippen LogP contribution in [-0.4, -0.2) is 6.04 Å². The van der Waals surface area contributed by atoms with Gasteiger partial charge in [-0.15, -0.1) is 0 Å². The molecule has 1 nitrogen and oxygen atoms in total. The summed E-state index contributed by atoms with van der Waals surface area (Å²) in [6, 6.07) is 7.56. The molecule has 1 N–H and O–H groups in total. The highest BCUT2D eigenvalue weighted by molar-refractivity contribution is 5.28. The molecule has 2 unspecified atom stereocenters. The van der Waals surface area contributed by atoms with E-state index in [1.807, 2.05) is 0 Å². The zero-order chi connectivity index (χ0) is 13.1. The molecule has 0 spiro atoms. The average Bonchev–Trinajstić information content (AvgIpc) is 2.23. The predicted molar refractivity (Wildman–Crippen MR) is 78.7 cm³/mol. The average molecular weight is 245 g/mol. The first-order valence-electron chi connectivity index (χ1n) is 7.33. The van der Waals surface area contributed by atoms with E-state index < -0.39 is 0 Å². The van der Waals surface area contributed by atoms with Gasteiger partial charge >= 0.3 is 0 Å². The van der Waals surface area contributed by atoms with E-state index in [9.17, 15) is 0 Å². The number of hydrogen-bond acceptors (Lipinski definition) is 1. The molecule has 100 valence electrons. The lowest BCUT2D eigenvalue weighted by atomic mass is 9.80. The molecule has 1 heteroatoms. The smallest absolute Gasteiger partial charge is 0.0208 e. The van der Waals surface area contributed by atoms with Crippen molar-refractivity contribution in [2.75, 3.05) is 0 Å². The van der Waals surface area contributed by atoms with Crippen LogP contribution in [0.5, 0.6) is 0 Å². The van der Waals surface area contributed by atoms with Gasteiger partial charge in [0.15, 0.2) is 0 Å². The van der Waals surface area contributed by atoms with E-state index in [-0.39, 0.29) is 0 Å². The second-order valence-electron chi connectivity index (χ2n) is 6.49. The molecule has 0 radical (unpaired) electrons. The molecule has 0 amide bonds. The van der Waals surface area contributed by atoms with E-state index in [0.29, 0.717) is 6.04 Å². The fourth-order valence-corrected chi connectivity index (χ4v) is 3.55. The van der Waals surface area contributed by atoms with Gasteiger partial charge in [-0.3, -0.25) is 0 Å². The molecule has 1 aromatic carbocycles. The SMILES string of the molecule is Cc1cc(C)cc(CNC2CC(C)CC(C)C2)c1. The van der Waals surface area contributed by atoms with Gasteiger partial charge in [0.05, 0.1) is 0 Å². The Morgan fingerprint density at radius 2 is 1.50 bits per heavy atom. The molecule has 2 rings (SSSR count). The Bertz CT molecular complexity index is 366. The summed E-state index contributed by atoms with van der Waals surface area (Å²) in [5.74, 6) is 1.76. The molecular formula is C17H27N. The van der Waals surface area contributed by atoms with Crippen molar-refractivity contribution in [3.05, 3.63) is 34.9 Å². The number of rotatable bonds is 3. The Hall–Kier alpha value is -0.820. The third-order valence-corrected chi connectivity index (χ3v) is 4.05. The van der Waals surface area contributed by atoms with Crippen molar-refractivity contribution in [2.45, 2.75) is 59.5 Å². The molecular weight excluding hydrogens is 218 g/mol. The fourth-order valence-electron chi connectivity index (χ4n) is 3.55. The molecule has 1 saturated carbocycles. The molecule has 0 aliphatic heterocycles. The predicted octanol–water partition coefficient (Wildman–Crippen LogP) is 4.22. The number of aryl methyl sites for hydroxylation is 2. The highest BCUT2D eigenvalue weighted by Crippen LogP contribution is 2.28. The van der Waals surface area contributed by atoms with E-state index >= 15 is 0 Å². The second-order valence-corrected chi connectivity index (χ2v) is 6.49. The number of benzene rings is 1. The Morgan fingerprint density at radius 3 is 2.06 bits per heavy atom. The van der Waals surface area contributed by atoms with Crippen LogP contribution in [0.4, 0.5) is 0 Å². The van der Waals surface area contributed by atoms with Crippen molar-refractivity contribution in [2.24, 2.45) is 11.8 Å². The zero-order valence-corrected chi connectivity index (χ0v) is 12.3. The van der Waals surface area contributed by atoms with Gasteiger partial charge in [-0.1, -0.05) is 43.2 Å². The summed E-state index contributed by atoms with van der Waals surface area (Å²) in [6.45, 7) is 10.2. The summed E-state index contributed by atoms with van der Waals surface area (Å²) >= 11 is 0. The molecule has 1 fully saturated rings. The summed E-state index contributed by atoms with van der Waals surface area (Å²) in [4.78, 5) is 0. The lowest BCUT2D eigenvalue weighted by Crippen LogP contribution is -2.35. The molecule has 0 bridgehead atoms. The minimum atomic E-state index is 0.713. The maximum Gasteiger partial charge on any atom is 0.0208 e. The molecule has 0 aromatic heterocycles. The van der Waals surface area contributed by atoms with Crippen LogP contribution in [0.1, 0.15) is 49.8 Å². The van der Waals surface area contributed by atoms with E-state index in [1.165, 1.54) is 36.0 Å². The van der Waals surface area contributed by atoms with Crippen molar-refractivity contribution < 1.29 is 0 Å². The van der Waals surface area contributed by atoms with Crippen LogP contribution < -0.4 is 5.32 Å². The third kappa shape index (κ3) is 3.84. The van der Waals surface area contributed by atoms with Crippen molar-refractivity contribution in [1.82, 2.24) is 5.32 Å². The Kier molecular flexibility index (Phi) is 4.45. The van der Waals surface area contributed by atoms with Crippen molar-refractivity contribution in [3.8, 4) is 0 Å². The van der Waals surface area contributed by atoms with Crippen LogP contribution >= 0.6 is 0 Å². The molecule has 1 aliphatic rings. The largest absolute Gasteiger partial charge is 0.310 e. The molecule has 1 aromatic rings. The lowest BCUT2D eigenvalue weighted by molar-refractivity contribution is 0.238. The minimum Gasteiger partial charge on any atom is -0.310 e. The van der Waals surface area contributed by atoms with Crippen LogP contribution in [-0.2, 0) is 6.54 Å². The van der Waals surface area contributed by atoms with Crippen LogP contribution in [0.25, 0.3) is 0 Å². The van der Waals surface area contributed by atoms with Gasteiger partial charge < -0.3 is 5.32 Å². The number of nitrogens with one attached hydrogen (secondary N) is 1. The summed E-state index contributed by atoms with van der Waals surface area (Å²) in [5.41, 5.74) is 4.17. The molecule has 2 atom stereocenters. The topological polar surface area (TPSA) is 12.0 Å². The van der Waals surface area contributed by atoms with Crippen molar-refractivity contribution in [1.29, 1.82) is 0 Å². The van der Waals surface area contributed by atoms with E-state index in [0.717, 1.165) is 18.4 Å². The number of hydrogen-bond donors (Lipinski definition) is 1. The van der Waals surface area contributed by atoms with Gasteiger partial charge in [-0.05, 0) is 50.5 Å². The van der Waals surface area contributed by atoms with Gasteiger partial charge in [-0.2, -0.15) is 0 Å². The monoisotopic (exact) mass is 245 g/mol. The first kappa shape index (κ1) is 13.6. The first-order valence-corrected chi connectivity index (χ1v) is 7.33. The first-order chi connectivity index (χ1) is 8.52.